The second kappa shape index (κ2) is 11.3. The monoisotopic (exact) mass is 614 g/mol. The summed E-state index contributed by atoms with van der Waals surface area (Å²) in [4.78, 5) is 19.0. The summed E-state index contributed by atoms with van der Waals surface area (Å²) in [5.74, 6) is -1.12. The maximum absolute atomic E-state index is 17.8. The van der Waals surface area contributed by atoms with E-state index < -0.39 is 17.4 Å². The number of rotatable bonds is 5. The molecule has 1 fully saturated rings. The first-order valence-corrected chi connectivity index (χ1v) is 14.9. The number of benzene rings is 3. The molecule has 43 heavy (non-hydrogen) atoms. The summed E-state index contributed by atoms with van der Waals surface area (Å²) in [7, 11) is 0. The summed E-state index contributed by atoms with van der Waals surface area (Å²) in [5.41, 5.74) is -0.241. The molecular formula is C33H26Cl2F2N6. The largest absolute Gasteiger partial charge is 0.351 e. The van der Waals surface area contributed by atoms with Crippen LogP contribution in [0.3, 0.4) is 0 Å². The molecule has 0 bridgehead atoms. The van der Waals surface area contributed by atoms with E-state index in [1.807, 2.05) is 6.07 Å². The molecule has 2 aliphatic rings. The first-order valence-electron chi connectivity index (χ1n) is 14.1. The number of nitrogens with zero attached hydrogens (tertiary/aromatic N) is 4. The van der Waals surface area contributed by atoms with E-state index in [2.05, 4.69) is 15.6 Å². The van der Waals surface area contributed by atoms with E-state index in [-0.39, 0.29) is 23.1 Å². The summed E-state index contributed by atoms with van der Waals surface area (Å²) in [6, 6.07) is 16.8. The molecule has 2 N–H and O–H groups in total. The van der Waals surface area contributed by atoms with E-state index in [0.29, 0.717) is 43.5 Å². The molecule has 0 spiro atoms. The van der Waals surface area contributed by atoms with Gasteiger partial charge in [-0.1, -0.05) is 53.6 Å². The molecule has 0 amide bonds. The van der Waals surface area contributed by atoms with Gasteiger partial charge >= 0.3 is 0 Å². The van der Waals surface area contributed by atoms with Crippen LogP contribution in [0.4, 0.5) is 14.7 Å². The van der Waals surface area contributed by atoms with E-state index in [4.69, 9.17) is 38.2 Å². The van der Waals surface area contributed by atoms with E-state index in [0.717, 1.165) is 25.9 Å². The summed E-state index contributed by atoms with van der Waals surface area (Å²) in [6.45, 7) is 1.79. The van der Waals surface area contributed by atoms with E-state index in [1.165, 1.54) is 12.1 Å². The van der Waals surface area contributed by atoms with E-state index in [1.54, 1.807) is 66.8 Å². The molecule has 2 aromatic heterocycles. The molecule has 5 aromatic rings. The molecule has 7 rings (SSSR count). The molecule has 2 atom stereocenters. The minimum absolute atomic E-state index is 0.118. The Morgan fingerprint density at radius 1 is 0.837 bits per heavy atom. The van der Waals surface area contributed by atoms with Gasteiger partial charge in [0, 0.05) is 32.4 Å². The lowest BCUT2D eigenvalue weighted by Gasteiger charge is -2.31. The molecule has 3 aromatic carbocycles. The van der Waals surface area contributed by atoms with Crippen LogP contribution in [-0.4, -0.2) is 39.1 Å². The maximum Gasteiger partial charge on any atom is 0.223 e. The number of nitrogens with one attached hydrogen (secondary N) is 2. The number of alkyl halides is 1. The van der Waals surface area contributed by atoms with Crippen LogP contribution in [-0.2, 0) is 5.67 Å². The first-order chi connectivity index (χ1) is 20.9. The van der Waals surface area contributed by atoms with Crippen LogP contribution < -0.4 is 10.6 Å². The van der Waals surface area contributed by atoms with Crippen LogP contribution in [0.15, 0.2) is 85.0 Å². The smallest absolute Gasteiger partial charge is 0.223 e. The fourth-order valence-corrected chi connectivity index (χ4v) is 6.17. The van der Waals surface area contributed by atoms with Crippen molar-refractivity contribution in [1.29, 1.82) is 0 Å². The van der Waals surface area contributed by atoms with Gasteiger partial charge in [-0.3, -0.25) is 0 Å². The zero-order chi connectivity index (χ0) is 29.6. The molecule has 2 unspecified atom stereocenters. The Morgan fingerprint density at radius 2 is 1.56 bits per heavy atom. The number of allylic oxidation sites excluding steroid dienone is 4. The Morgan fingerprint density at radius 3 is 2.33 bits per heavy atom. The highest BCUT2D eigenvalue weighted by atomic mass is 35.5. The highest BCUT2D eigenvalue weighted by Gasteiger charge is 2.44. The second-order valence-corrected chi connectivity index (χ2v) is 11.7. The molecule has 1 aliphatic heterocycles. The fourth-order valence-electron chi connectivity index (χ4n) is 5.82. The van der Waals surface area contributed by atoms with Crippen LogP contribution in [0.5, 0.6) is 0 Å². The van der Waals surface area contributed by atoms with Gasteiger partial charge in [-0.25, -0.2) is 28.7 Å². The molecule has 10 heteroatoms. The van der Waals surface area contributed by atoms with Crippen molar-refractivity contribution in [2.45, 2.75) is 30.5 Å². The highest BCUT2D eigenvalue weighted by Crippen LogP contribution is 2.46. The van der Waals surface area contributed by atoms with E-state index >= 15 is 8.78 Å². The summed E-state index contributed by atoms with van der Waals surface area (Å²) in [6.07, 6.45) is 8.42. The standard InChI is InChI=1S/C33H26Cl2F2N6/c34-19-8-10-27-23(17-19)29(22-5-1-2-7-26(22)36)42-31(40-27)33(37)14-4-3-6-25(33)30-24-18-20(35)9-11-28(24)41-32(43-30)39-21-12-15-38-16-13-21/h1-11,14,17-18,21,25,38H,12-13,15-16H2,(H,39,41,43). The number of hydrogen-bond acceptors (Lipinski definition) is 6. The van der Waals surface area contributed by atoms with Crippen molar-refractivity contribution in [3.8, 4) is 11.3 Å². The summed E-state index contributed by atoms with van der Waals surface area (Å²) in [5, 5.41) is 8.87. The number of hydrogen-bond donors (Lipinski definition) is 2. The number of anilines is 1. The van der Waals surface area contributed by atoms with Crippen molar-refractivity contribution in [2.24, 2.45) is 0 Å². The Labute approximate surface area is 256 Å². The zero-order valence-corrected chi connectivity index (χ0v) is 24.4. The maximum atomic E-state index is 17.8. The SMILES string of the molecule is Fc1ccccc1-c1nc(C2(F)C=CC=CC2c2nc(NC3CCNCC3)nc3ccc(Cl)cc23)nc2ccc(Cl)cc12. The molecule has 216 valence electrons. The van der Waals surface area contributed by atoms with Gasteiger partial charge in [0.15, 0.2) is 11.5 Å². The zero-order valence-electron chi connectivity index (χ0n) is 22.9. The van der Waals surface area contributed by atoms with Crippen LogP contribution >= 0.6 is 23.2 Å². The first kappa shape index (κ1) is 27.8. The summed E-state index contributed by atoms with van der Waals surface area (Å²) < 4.78 is 32.9. The van der Waals surface area contributed by atoms with Gasteiger partial charge in [-0.15, -0.1) is 0 Å². The molecule has 1 saturated heterocycles. The normalized spacial score (nSPS) is 20.6. The third kappa shape index (κ3) is 5.24. The molecule has 0 radical (unpaired) electrons. The molecule has 3 heterocycles. The predicted molar refractivity (Wildman–Crippen MR) is 168 cm³/mol. The minimum atomic E-state index is -2.24. The van der Waals surface area contributed by atoms with Crippen LogP contribution in [0.1, 0.15) is 30.3 Å². The van der Waals surface area contributed by atoms with Crippen molar-refractivity contribution in [1.82, 2.24) is 25.3 Å². The van der Waals surface area contributed by atoms with Crippen LogP contribution in [0.25, 0.3) is 33.1 Å². The Bertz CT molecular complexity index is 1920. The molecule has 6 nitrogen and oxygen atoms in total. The quantitative estimate of drug-likeness (QED) is 0.209. The van der Waals surface area contributed by atoms with Gasteiger partial charge in [-0.2, -0.15) is 0 Å². The van der Waals surface area contributed by atoms with Crippen molar-refractivity contribution < 1.29 is 8.78 Å². The third-order valence-corrected chi connectivity index (χ3v) is 8.46. The lowest BCUT2D eigenvalue weighted by Crippen LogP contribution is -2.36. The van der Waals surface area contributed by atoms with Crippen molar-refractivity contribution in [3.05, 3.63) is 112 Å². The van der Waals surface area contributed by atoms with Crippen molar-refractivity contribution >= 4 is 51.0 Å². The van der Waals surface area contributed by atoms with Gasteiger partial charge in [0.25, 0.3) is 0 Å². The van der Waals surface area contributed by atoms with E-state index in [9.17, 15) is 0 Å². The Balaban J connectivity index is 1.42. The van der Waals surface area contributed by atoms with Gasteiger partial charge < -0.3 is 10.6 Å². The van der Waals surface area contributed by atoms with Gasteiger partial charge in [0.05, 0.1) is 28.3 Å². The third-order valence-electron chi connectivity index (χ3n) is 7.99. The number of aromatic nitrogens is 4. The number of halogens is 4. The second-order valence-electron chi connectivity index (χ2n) is 10.8. The van der Waals surface area contributed by atoms with Crippen LogP contribution in [0.2, 0.25) is 10.0 Å². The molecule has 1 aliphatic carbocycles. The van der Waals surface area contributed by atoms with Crippen molar-refractivity contribution in [3.63, 3.8) is 0 Å². The van der Waals surface area contributed by atoms with Crippen LogP contribution in [0, 0.1) is 5.82 Å². The Kier molecular flexibility index (Phi) is 7.29. The van der Waals surface area contributed by atoms with Crippen molar-refractivity contribution in [2.75, 3.05) is 18.4 Å². The highest BCUT2D eigenvalue weighted by molar-refractivity contribution is 6.31. The predicted octanol–water partition coefficient (Wildman–Crippen LogP) is 7.92. The lowest BCUT2D eigenvalue weighted by atomic mass is 9.80. The fraction of sp³-hybridized carbons (Fsp3) is 0.212. The average Bonchev–Trinajstić information content (AvgIpc) is 3.01. The number of fused-ring (bicyclic) bond motifs is 2. The Hall–Kier alpha value is -3.98. The molecular weight excluding hydrogens is 589 g/mol. The molecule has 0 saturated carbocycles. The average molecular weight is 616 g/mol. The number of piperidine rings is 1. The minimum Gasteiger partial charge on any atom is -0.351 e. The van der Waals surface area contributed by atoms with Gasteiger partial charge in [-0.05, 0) is 80.5 Å². The summed E-state index contributed by atoms with van der Waals surface area (Å²) >= 11 is 12.7. The van der Waals surface area contributed by atoms with Gasteiger partial charge in [0.1, 0.15) is 5.82 Å². The van der Waals surface area contributed by atoms with Gasteiger partial charge in [0.2, 0.25) is 5.95 Å². The lowest BCUT2D eigenvalue weighted by molar-refractivity contribution is 0.192. The topological polar surface area (TPSA) is 75.6 Å².